The zero-order valence-electron chi connectivity index (χ0n) is 13.8. The van der Waals surface area contributed by atoms with Gasteiger partial charge in [-0.05, 0) is 49.4 Å². The van der Waals surface area contributed by atoms with Crippen LogP contribution >= 0.6 is 0 Å². The van der Waals surface area contributed by atoms with Crippen molar-refractivity contribution in [1.82, 2.24) is 4.98 Å². The molecule has 1 aromatic heterocycles. The van der Waals surface area contributed by atoms with Crippen molar-refractivity contribution in [2.75, 3.05) is 18.5 Å². The Hall–Kier alpha value is -3.21. The van der Waals surface area contributed by atoms with E-state index in [9.17, 15) is 4.79 Å². The highest BCUT2D eigenvalue weighted by Crippen LogP contribution is 2.31. The molecule has 0 atom stereocenters. The minimum atomic E-state index is -0.166. The Balaban J connectivity index is 1.60. The number of H-pyrrole nitrogens is 1. The molecule has 0 spiro atoms. The molecule has 2 N–H and O–H groups in total. The monoisotopic (exact) mass is 334 g/mol. The van der Waals surface area contributed by atoms with Crippen LogP contribution in [0.25, 0.3) is 17.0 Å². The van der Waals surface area contributed by atoms with Crippen LogP contribution in [-0.4, -0.2) is 24.1 Å². The summed E-state index contributed by atoms with van der Waals surface area (Å²) in [6, 6.07) is 13.3. The van der Waals surface area contributed by atoms with Gasteiger partial charge in [0.25, 0.3) is 5.91 Å². The normalized spacial score (nSPS) is 12.9. The van der Waals surface area contributed by atoms with Crippen LogP contribution in [0.2, 0.25) is 0 Å². The summed E-state index contributed by atoms with van der Waals surface area (Å²) in [5.74, 6) is 1.36. The molecule has 0 unspecified atom stereocenters. The van der Waals surface area contributed by atoms with Crippen molar-refractivity contribution < 1.29 is 14.3 Å². The molecule has 25 heavy (non-hydrogen) atoms. The smallest absolute Gasteiger partial charge is 0.255 e. The number of anilines is 1. The van der Waals surface area contributed by atoms with Crippen LogP contribution in [0.3, 0.4) is 0 Å². The number of rotatable bonds is 4. The third-order valence-corrected chi connectivity index (χ3v) is 4.14. The second-order valence-electron chi connectivity index (χ2n) is 5.79. The predicted octanol–water partition coefficient (Wildman–Crippen LogP) is 3.98. The number of carbonyl (C=O) groups excluding carboxylic acids is 1. The van der Waals surface area contributed by atoms with E-state index in [1.54, 1.807) is 0 Å². The van der Waals surface area contributed by atoms with E-state index in [2.05, 4.69) is 10.3 Å². The zero-order valence-corrected chi connectivity index (χ0v) is 13.8. The fourth-order valence-corrected chi connectivity index (χ4v) is 2.94. The first kappa shape index (κ1) is 15.3. The van der Waals surface area contributed by atoms with Gasteiger partial charge in [-0.2, -0.15) is 0 Å². The van der Waals surface area contributed by atoms with Crippen LogP contribution < -0.4 is 14.8 Å². The van der Waals surface area contributed by atoms with Gasteiger partial charge in [-0.15, -0.1) is 0 Å². The van der Waals surface area contributed by atoms with Crippen molar-refractivity contribution in [2.45, 2.75) is 6.92 Å². The number of nitrogens with one attached hydrogen (secondary N) is 2. The summed E-state index contributed by atoms with van der Waals surface area (Å²) in [5.41, 5.74) is 3.19. The van der Waals surface area contributed by atoms with E-state index in [4.69, 9.17) is 9.47 Å². The first-order chi connectivity index (χ1) is 12.2. The van der Waals surface area contributed by atoms with Crippen molar-refractivity contribution in [2.24, 2.45) is 0 Å². The quantitative estimate of drug-likeness (QED) is 0.758. The molecule has 2 aromatic carbocycles. The number of hydrogen-bond donors (Lipinski definition) is 2. The molecule has 0 radical (unpaired) electrons. The predicted molar refractivity (Wildman–Crippen MR) is 98.0 cm³/mol. The number of ether oxygens (including phenoxy) is 2. The van der Waals surface area contributed by atoms with Gasteiger partial charge >= 0.3 is 0 Å². The Morgan fingerprint density at radius 3 is 3.08 bits per heavy atom. The average Bonchev–Trinajstić information content (AvgIpc) is 3.11. The molecule has 5 heteroatoms. The molecule has 0 saturated carbocycles. The number of amides is 1. The Kier molecular flexibility index (Phi) is 3.90. The van der Waals surface area contributed by atoms with Gasteiger partial charge in [0.2, 0.25) is 0 Å². The first-order valence-electron chi connectivity index (χ1n) is 8.22. The standard InChI is InChI=1S/C20H18N2O3/c1-2-24-15-6-7-19-13(11-15)10-14(12-25-19)20(23)22-18-5-3-4-17-16(18)8-9-21-17/h3-11,21H,2,12H2,1H3,(H,22,23). The van der Waals surface area contributed by atoms with Crippen molar-refractivity contribution >= 4 is 28.6 Å². The summed E-state index contributed by atoms with van der Waals surface area (Å²) in [5, 5.41) is 3.95. The lowest BCUT2D eigenvalue weighted by molar-refractivity contribution is -0.113. The molecule has 1 aliphatic rings. The second-order valence-corrected chi connectivity index (χ2v) is 5.79. The molecule has 0 fully saturated rings. The molecule has 0 aliphatic carbocycles. The fourth-order valence-electron chi connectivity index (χ4n) is 2.94. The van der Waals surface area contributed by atoms with Crippen LogP contribution in [0.4, 0.5) is 5.69 Å². The van der Waals surface area contributed by atoms with E-state index in [0.717, 1.165) is 33.7 Å². The van der Waals surface area contributed by atoms with Crippen molar-refractivity contribution in [3.8, 4) is 11.5 Å². The lowest BCUT2D eigenvalue weighted by Crippen LogP contribution is -2.21. The number of carbonyl (C=O) groups is 1. The lowest BCUT2D eigenvalue weighted by atomic mass is 10.1. The van der Waals surface area contributed by atoms with Crippen molar-refractivity contribution in [3.63, 3.8) is 0 Å². The maximum absolute atomic E-state index is 12.7. The molecule has 0 saturated heterocycles. The molecule has 3 aromatic rings. The molecular weight excluding hydrogens is 316 g/mol. The van der Waals surface area contributed by atoms with Crippen molar-refractivity contribution in [3.05, 3.63) is 59.8 Å². The van der Waals surface area contributed by atoms with Gasteiger partial charge in [-0.1, -0.05) is 6.07 Å². The number of benzene rings is 2. The summed E-state index contributed by atoms with van der Waals surface area (Å²) in [6.07, 6.45) is 3.71. The van der Waals surface area contributed by atoms with Gasteiger partial charge in [0.1, 0.15) is 18.1 Å². The van der Waals surface area contributed by atoms with Gasteiger partial charge in [-0.25, -0.2) is 0 Å². The van der Waals surface area contributed by atoms with Crippen LogP contribution in [-0.2, 0) is 4.79 Å². The molecular formula is C20H18N2O3. The molecule has 0 bridgehead atoms. The average molecular weight is 334 g/mol. The Bertz CT molecular complexity index is 972. The van der Waals surface area contributed by atoms with Gasteiger partial charge in [0, 0.05) is 22.7 Å². The number of fused-ring (bicyclic) bond motifs is 2. The van der Waals surface area contributed by atoms with E-state index in [-0.39, 0.29) is 12.5 Å². The van der Waals surface area contributed by atoms with E-state index in [1.807, 2.05) is 61.7 Å². The third-order valence-electron chi connectivity index (χ3n) is 4.14. The van der Waals surface area contributed by atoms with E-state index in [1.165, 1.54) is 0 Å². The summed E-state index contributed by atoms with van der Waals surface area (Å²) < 4.78 is 11.2. The van der Waals surface area contributed by atoms with Crippen LogP contribution in [0.15, 0.2) is 54.2 Å². The highest BCUT2D eigenvalue weighted by molar-refractivity contribution is 6.11. The zero-order chi connectivity index (χ0) is 17.2. The molecule has 1 amide bonds. The molecule has 1 aliphatic heterocycles. The van der Waals surface area contributed by atoms with E-state index in [0.29, 0.717) is 12.2 Å². The van der Waals surface area contributed by atoms with Crippen LogP contribution in [0, 0.1) is 0 Å². The fraction of sp³-hybridized carbons (Fsp3) is 0.150. The summed E-state index contributed by atoms with van der Waals surface area (Å²) in [7, 11) is 0. The Morgan fingerprint density at radius 2 is 2.20 bits per heavy atom. The topological polar surface area (TPSA) is 63.3 Å². The SMILES string of the molecule is CCOc1ccc2c(c1)C=C(C(=O)Nc1cccc3[nH]ccc13)CO2. The highest BCUT2D eigenvalue weighted by atomic mass is 16.5. The molecule has 2 heterocycles. The van der Waals surface area contributed by atoms with Gasteiger partial charge in [0.05, 0.1) is 17.9 Å². The summed E-state index contributed by atoms with van der Waals surface area (Å²) in [6.45, 7) is 2.78. The van der Waals surface area contributed by atoms with E-state index < -0.39 is 0 Å². The maximum Gasteiger partial charge on any atom is 0.255 e. The minimum absolute atomic E-state index is 0.166. The van der Waals surface area contributed by atoms with Gasteiger partial charge < -0.3 is 19.8 Å². The largest absolute Gasteiger partial charge is 0.494 e. The lowest BCUT2D eigenvalue weighted by Gasteiger charge is -2.18. The summed E-state index contributed by atoms with van der Waals surface area (Å²) >= 11 is 0. The van der Waals surface area contributed by atoms with Crippen LogP contribution in [0.1, 0.15) is 12.5 Å². The van der Waals surface area contributed by atoms with Crippen molar-refractivity contribution in [1.29, 1.82) is 0 Å². The number of hydrogen-bond acceptors (Lipinski definition) is 3. The summed E-state index contributed by atoms with van der Waals surface area (Å²) in [4.78, 5) is 15.8. The van der Waals surface area contributed by atoms with Crippen LogP contribution in [0.5, 0.6) is 11.5 Å². The Labute approximate surface area is 145 Å². The van der Waals surface area contributed by atoms with Gasteiger partial charge in [-0.3, -0.25) is 4.79 Å². The van der Waals surface area contributed by atoms with E-state index >= 15 is 0 Å². The highest BCUT2D eigenvalue weighted by Gasteiger charge is 2.18. The molecule has 4 rings (SSSR count). The van der Waals surface area contributed by atoms with Gasteiger partial charge in [0.15, 0.2) is 0 Å². The molecule has 5 nitrogen and oxygen atoms in total. The first-order valence-corrected chi connectivity index (χ1v) is 8.22. The number of aromatic amines is 1. The molecule has 126 valence electrons. The third kappa shape index (κ3) is 2.96. The minimum Gasteiger partial charge on any atom is -0.494 e. The Morgan fingerprint density at radius 1 is 1.28 bits per heavy atom. The maximum atomic E-state index is 12.7. The number of aromatic nitrogens is 1. The second kappa shape index (κ2) is 6.36.